The third-order valence-electron chi connectivity index (χ3n) is 3.63. The van der Waals surface area contributed by atoms with Crippen molar-refractivity contribution in [2.45, 2.75) is 19.4 Å². The minimum atomic E-state index is -0.777. The van der Waals surface area contributed by atoms with Gasteiger partial charge in [-0.2, -0.15) is 0 Å². The van der Waals surface area contributed by atoms with E-state index in [0.717, 1.165) is 13.0 Å². The Labute approximate surface area is 113 Å². The van der Waals surface area contributed by atoms with Crippen molar-refractivity contribution in [3.05, 3.63) is 48.0 Å². The molecule has 0 aromatic heterocycles. The lowest BCUT2D eigenvalue weighted by molar-refractivity contribution is -0.142. The maximum Gasteiger partial charge on any atom is 0.320 e. The summed E-state index contributed by atoms with van der Waals surface area (Å²) in [6.45, 7) is 2.45. The molecule has 2 aromatic carbocycles. The summed E-state index contributed by atoms with van der Waals surface area (Å²) in [6.07, 6.45) is 0.857. The fraction of sp³-hybridized carbons (Fsp3) is 0.312. The van der Waals surface area contributed by atoms with E-state index in [1.165, 1.54) is 16.3 Å². The van der Waals surface area contributed by atoms with Crippen molar-refractivity contribution < 1.29 is 9.90 Å². The first-order chi connectivity index (χ1) is 9.09. The predicted octanol–water partition coefficient (Wildman–Crippen LogP) is 2.79. The van der Waals surface area contributed by atoms with Gasteiger partial charge in [0.2, 0.25) is 0 Å². The van der Waals surface area contributed by atoms with Crippen molar-refractivity contribution in [3.63, 3.8) is 0 Å². The number of fused-ring (bicyclic) bond motifs is 1. The van der Waals surface area contributed by atoms with E-state index < -0.39 is 12.0 Å². The molecule has 0 bridgehead atoms. The summed E-state index contributed by atoms with van der Waals surface area (Å²) in [6, 6.07) is 14.1. The second-order valence-corrected chi connectivity index (χ2v) is 4.88. The minimum Gasteiger partial charge on any atom is -0.480 e. The highest BCUT2D eigenvalue weighted by molar-refractivity contribution is 5.85. The molecule has 1 N–H and O–H groups in total. The molecule has 0 amide bonds. The summed E-state index contributed by atoms with van der Waals surface area (Å²) >= 11 is 0. The molecule has 0 aliphatic heterocycles. The van der Waals surface area contributed by atoms with Gasteiger partial charge in [0.15, 0.2) is 0 Å². The average molecular weight is 257 g/mol. The van der Waals surface area contributed by atoms with Crippen molar-refractivity contribution in [3.8, 4) is 0 Å². The first-order valence-corrected chi connectivity index (χ1v) is 6.49. The van der Waals surface area contributed by atoms with Crippen LogP contribution in [-0.4, -0.2) is 35.6 Å². The number of likely N-dealkylation sites (N-methyl/N-ethyl adjacent to an activating group) is 1. The molecule has 0 spiro atoms. The Morgan fingerprint density at radius 3 is 2.63 bits per heavy atom. The molecule has 0 saturated heterocycles. The van der Waals surface area contributed by atoms with Crippen molar-refractivity contribution in [2.75, 3.05) is 13.6 Å². The van der Waals surface area contributed by atoms with Gasteiger partial charge < -0.3 is 5.11 Å². The maximum atomic E-state index is 10.9. The molecule has 100 valence electrons. The normalized spacial score (nSPS) is 12.8. The monoisotopic (exact) mass is 257 g/mol. The Morgan fingerprint density at radius 1 is 1.21 bits per heavy atom. The molecule has 2 rings (SSSR count). The highest BCUT2D eigenvalue weighted by Crippen LogP contribution is 2.19. The fourth-order valence-corrected chi connectivity index (χ4v) is 2.19. The SMILES string of the molecule is C[C@@H](C(=O)O)N(C)CCc1cccc2ccccc12. The number of carboxylic acid groups (broad SMARTS) is 1. The lowest BCUT2D eigenvalue weighted by Crippen LogP contribution is -2.37. The Bertz CT molecular complexity index is 574. The zero-order valence-corrected chi connectivity index (χ0v) is 11.3. The minimum absolute atomic E-state index is 0.449. The summed E-state index contributed by atoms with van der Waals surface area (Å²) < 4.78 is 0. The Kier molecular flexibility index (Phi) is 4.17. The van der Waals surface area contributed by atoms with Crippen LogP contribution in [-0.2, 0) is 11.2 Å². The number of carbonyl (C=O) groups is 1. The van der Waals surface area contributed by atoms with Crippen LogP contribution in [0, 0.1) is 0 Å². The molecule has 0 aliphatic rings. The standard InChI is InChI=1S/C16H19NO2/c1-12(16(18)19)17(2)11-10-14-8-5-7-13-6-3-4-9-15(13)14/h3-9,12H,10-11H2,1-2H3,(H,18,19)/t12-/m0/s1. The second-order valence-electron chi connectivity index (χ2n) is 4.88. The number of hydrogen-bond donors (Lipinski definition) is 1. The van der Waals surface area contributed by atoms with Crippen molar-refractivity contribution in [2.24, 2.45) is 0 Å². The molecule has 0 unspecified atom stereocenters. The van der Waals surface area contributed by atoms with Crippen LogP contribution in [0.3, 0.4) is 0 Å². The number of rotatable bonds is 5. The first-order valence-electron chi connectivity index (χ1n) is 6.49. The van der Waals surface area contributed by atoms with Gasteiger partial charge in [-0.05, 0) is 36.7 Å². The summed E-state index contributed by atoms with van der Waals surface area (Å²) in [5, 5.41) is 11.5. The highest BCUT2D eigenvalue weighted by Gasteiger charge is 2.16. The van der Waals surface area contributed by atoms with Gasteiger partial charge in [-0.25, -0.2) is 0 Å². The molecule has 3 heteroatoms. The predicted molar refractivity (Wildman–Crippen MR) is 77.4 cm³/mol. The summed E-state index contributed by atoms with van der Waals surface area (Å²) in [5.41, 5.74) is 1.27. The van der Waals surface area contributed by atoms with Gasteiger partial charge in [-0.3, -0.25) is 9.69 Å². The topological polar surface area (TPSA) is 40.5 Å². The Morgan fingerprint density at radius 2 is 1.89 bits per heavy atom. The molecule has 0 heterocycles. The largest absolute Gasteiger partial charge is 0.480 e. The van der Waals surface area contributed by atoms with E-state index >= 15 is 0 Å². The molecule has 3 nitrogen and oxygen atoms in total. The quantitative estimate of drug-likeness (QED) is 0.895. The van der Waals surface area contributed by atoms with Gasteiger partial charge in [0.1, 0.15) is 6.04 Å². The number of hydrogen-bond acceptors (Lipinski definition) is 2. The van der Waals surface area contributed by atoms with E-state index in [1.807, 2.05) is 24.1 Å². The van der Waals surface area contributed by atoms with Gasteiger partial charge >= 0.3 is 5.97 Å². The molecular weight excluding hydrogens is 238 g/mol. The van der Waals surface area contributed by atoms with Crippen LogP contribution in [0.5, 0.6) is 0 Å². The third kappa shape index (κ3) is 3.12. The third-order valence-corrected chi connectivity index (χ3v) is 3.63. The zero-order valence-electron chi connectivity index (χ0n) is 11.3. The van der Waals surface area contributed by atoms with Crippen LogP contribution in [0.2, 0.25) is 0 Å². The molecule has 2 aromatic rings. The molecular formula is C16H19NO2. The van der Waals surface area contributed by atoms with Crippen LogP contribution in [0.1, 0.15) is 12.5 Å². The van der Waals surface area contributed by atoms with Gasteiger partial charge in [0.05, 0.1) is 0 Å². The van der Waals surface area contributed by atoms with E-state index in [1.54, 1.807) is 6.92 Å². The van der Waals surface area contributed by atoms with Crippen molar-refractivity contribution in [1.82, 2.24) is 4.90 Å². The summed E-state index contributed by atoms with van der Waals surface area (Å²) in [7, 11) is 1.85. The van der Waals surface area contributed by atoms with E-state index in [4.69, 9.17) is 5.11 Å². The fourth-order valence-electron chi connectivity index (χ4n) is 2.19. The highest BCUT2D eigenvalue weighted by atomic mass is 16.4. The van der Waals surface area contributed by atoms with Gasteiger partial charge in [0, 0.05) is 6.54 Å². The molecule has 0 radical (unpaired) electrons. The van der Waals surface area contributed by atoms with E-state index in [0.29, 0.717) is 0 Å². The van der Waals surface area contributed by atoms with E-state index in [2.05, 4.69) is 30.3 Å². The lowest BCUT2D eigenvalue weighted by atomic mass is 10.0. The van der Waals surface area contributed by atoms with Crippen LogP contribution in [0.4, 0.5) is 0 Å². The van der Waals surface area contributed by atoms with Gasteiger partial charge in [-0.1, -0.05) is 42.5 Å². The average Bonchev–Trinajstić information content (AvgIpc) is 2.43. The maximum absolute atomic E-state index is 10.9. The van der Waals surface area contributed by atoms with Crippen LogP contribution < -0.4 is 0 Å². The smallest absolute Gasteiger partial charge is 0.320 e. The van der Waals surface area contributed by atoms with Gasteiger partial charge in [0.25, 0.3) is 0 Å². The lowest BCUT2D eigenvalue weighted by Gasteiger charge is -2.21. The van der Waals surface area contributed by atoms with E-state index in [9.17, 15) is 4.79 Å². The Balaban J connectivity index is 2.12. The molecule has 0 aliphatic carbocycles. The first kappa shape index (κ1) is 13.6. The number of benzene rings is 2. The van der Waals surface area contributed by atoms with E-state index in [-0.39, 0.29) is 0 Å². The second kappa shape index (κ2) is 5.85. The van der Waals surface area contributed by atoms with Crippen LogP contribution in [0.25, 0.3) is 10.8 Å². The Hall–Kier alpha value is -1.87. The number of aliphatic carboxylic acids is 1. The van der Waals surface area contributed by atoms with Gasteiger partial charge in [-0.15, -0.1) is 0 Å². The van der Waals surface area contributed by atoms with Crippen LogP contribution >= 0.6 is 0 Å². The van der Waals surface area contributed by atoms with Crippen molar-refractivity contribution >= 4 is 16.7 Å². The van der Waals surface area contributed by atoms with Crippen molar-refractivity contribution in [1.29, 1.82) is 0 Å². The number of carboxylic acids is 1. The summed E-state index contributed by atoms with van der Waals surface area (Å²) in [4.78, 5) is 12.8. The zero-order chi connectivity index (χ0) is 13.8. The molecule has 19 heavy (non-hydrogen) atoms. The molecule has 0 saturated carbocycles. The number of nitrogens with zero attached hydrogens (tertiary/aromatic N) is 1. The summed E-state index contributed by atoms with van der Waals surface area (Å²) in [5.74, 6) is -0.777. The molecule has 1 atom stereocenters. The molecule has 0 fully saturated rings. The van der Waals surface area contributed by atoms with Crippen LogP contribution in [0.15, 0.2) is 42.5 Å².